The van der Waals surface area contributed by atoms with E-state index < -0.39 is 19.4 Å². The maximum Gasteiger partial charge on any atom is 0.249 e. The fourth-order valence-corrected chi connectivity index (χ4v) is 3.77. The number of aromatic nitrogens is 1. The van der Waals surface area contributed by atoms with Gasteiger partial charge in [-0.15, -0.1) is 0 Å². The van der Waals surface area contributed by atoms with Crippen molar-refractivity contribution in [2.75, 3.05) is 0 Å². The Balaban J connectivity index is 2.03. The summed E-state index contributed by atoms with van der Waals surface area (Å²) in [6, 6.07) is 14.7. The summed E-state index contributed by atoms with van der Waals surface area (Å²) in [5.41, 5.74) is 3.56. The summed E-state index contributed by atoms with van der Waals surface area (Å²) in [5.74, 6) is 0. The van der Waals surface area contributed by atoms with E-state index in [1.54, 1.807) is 0 Å². The zero-order chi connectivity index (χ0) is 19.0. The summed E-state index contributed by atoms with van der Waals surface area (Å²) in [6.07, 6.45) is 1.39. The van der Waals surface area contributed by atoms with Crippen LogP contribution in [0.3, 0.4) is 0 Å². The average Bonchev–Trinajstić information content (AvgIpc) is 3.25. The normalized spacial score (nSPS) is 14.8. The van der Waals surface area contributed by atoms with Gasteiger partial charge >= 0.3 is 0 Å². The maximum absolute atomic E-state index is 6.19. The van der Waals surface area contributed by atoms with Gasteiger partial charge in [0.05, 0.1) is 13.0 Å². The van der Waals surface area contributed by atoms with E-state index in [9.17, 15) is 0 Å². The highest BCUT2D eigenvalue weighted by atomic mass is 14.9. The predicted molar refractivity (Wildman–Crippen MR) is 123 cm³/mol. The number of hydrogen-bond donors (Lipinski definition) is 0. The van der Waals surface area contributed by atoms with Crippen LogP contribution < -0.4 is 10.2 Å². The number of rotatable bonds is 5. The van der Waals surface area contributed by atoms with Gasteiger partial charge in [0.25, 0.3) is 0 Å². The van der Waals surface area contributed by atoms with Crippen molar-refractivity contribution in [1.29, 1.82) is 0 Å². The molecule has 1 nitrogen and oxygen atoms in total. The Morgan fingerprint density at radius 2 is 1.62 bits per heavy atom. The van der Waals surface area contributed by atoms with Gasteiger partial charge in [-0.1, -0.05) is 37.2 Å². The van der Waals surface area contributed by atoms with E-state index in [0.717, 1.165) is 10.7 Å². The Morgan fingerprint density at radius 3 is 2.19 bits per heavy atom. The largest absolute Gasteiger partial charge is 0.249 e. The first kappa shape index (κ1) is 19.5. The third kappa shape index (κ3) is 3.73. The molecular weight excluding hydrogens is 302 g/mol. The molecule has 0 aliphatic carbocycles. The smallest absolute Gasteiger partial charge is 0.215 e. The van der Waals surface area contributed by atoms with Crippen LogP contribution in [-0.4, -0.2) is 71.3 Å². The molecule has 0 bridgehead atoms. The van der Waals surface area contributed by atoms with Crippen molar-refractivity contribution in [3.8, 4) is 11.1 Å². The van der Waals surface area contributed by atoms with Crippen molar-refractivity contribution in [2.45, 2.75) is 6.82 Å². The minimum absolute atomic E-state index is 0.220. The lowest BCUT2D eigenvalue weighted by Gasteiger charge is -2.21. The number of hydrogen-bond acceptors (Lipinski definition) is 0. The SMILES string of the molecule is [B]B([B])B([B])/C(B([B])[B])=C1/B(C)B1c1cc(-c2ccccc2)cc[n+]1C. The molecule has 0 atom stereocenters. The highest BCUT2D eigenvalue weighted by molar-refractivity contribution is 7.71. The molecule has 1 aliphatic rings. The van der Waals surface area contributed by atoms with Gasteiger partial charge in [-0.05, 0) is 11.1 Å². The molecule has 3 rings (SSSR count). The lowest BCUT2D eigenvalue weighted by atomic mass is 8.81. The Bertz CT molecular complexity index is 822. The molecule has 26 heavy (non-hydrogen) atoms. The second-order valence-electron chi connectivity index (χ2n) is 7.12. The van der Waals surface area contributed by atoms with Crippen LogP contribution in [0.25, 0.3) is 11.1 Å². The number of nitrogens with zero attached hydrogens (tertiary/aromatic N) is 1. The van der Waals surface area contributed by atoms with Gasteiger partial charge in [0, 0.05) is 57.2 Å². The molecule has 1 saturated heterocycles. The molecule has 0 N–H and O–H groups in total. The van der Waals surface area contributed by atoms with E-state index in [0.29, 0.717) is 6.60 Å². The van der Waals surface area contributed by atoms with Crippen LogP contribution >= 0.6 is 0 Å². The molecule has 1 fully saturated rings. The van der Waals surface area contributed by atoms with Crippen molar-refractivity contribution in [1.82, 2.24) is 0 Å². The third-order valence-electron chi connectivity index (χ3n) is 5.30. The molecule has 0 spiro atoms. The van der Waals surface area contributed by atoms with Crippen LogP contribution in [0.1, 0.15) is 0 Å². The molecule has 108 valence electrons. The minimum atomic E-state index is -0.690. The van der Waals surface area contributed by atoms with Crippen molar-refractivity contribution in [3.63, 3.8) is 0 Å². The molecule has 1 aromatic heterocycles. The molecule has 11 heteroatoms. The van der Waals surface area contributed by atoms with Crippen LogP contribution in [0, 0.1) is 0 Å². The molecular formula is C15H14B10N+. The van der Waals surface area contributed by atoms with E-state index in [-0.39, 0.29) is 6.60 Å². The second-order valence-corrected chi connectivity index (χ2v) is 7.12. The molecule has 2 heterocycles. The van der Waals surface area contributed by atoms with Crippen molar-refractivity contribution in [3.05, 3.63) is 59.4 Å². The molecule has 0 amide bonds. The average molecular weight is 316 g/mol. The van der Waals surface area contributed by atoms with Crippen LogP contribution in [0.2, 0.25) is 6.82 Å². The van der Waals surface area contributed by atoms with Gasteiger partial charge in [-0.25, -0.2) is 4.57 Å². The summed E-state index contributed by atoms with van der Waals surface area (Å²) < 4.78 is 2.13. The van der Waals surface area contributed by atoms with Gasteiger partial charge in [0.15, 0.2) is 6.20 Å². The number of aryl methyl sites for hydroxylation is 1. The van der Waals surface area contributed by atoms with Gasteiger partial charge in [0.2, 0.25) is 6.60 Å². The van der Waals surface area contributed by atoms with Crippen molar-refractivity contribution < 1.29 is 4.57 Å². The fraction of sp³-hybridized carbons (Fsp3) is 0.133. The summed E-state index contributed by atoms with van der Waals surface area (Å²) in [7, 11) is 31.8. The van der Waals surface area contributed by atoms with E-state index in [4.69, 9.17) is 38.7 Å². The minimum Gasteiger partial charge on any atom is -0.215 e. The number of benzene rings is 1. The monoisotopic (exact) mass is 318 g/mol. The molecule has 10 radical (unpaired) electrons. The van der Waals surface area contributed by atoms with Crippen LogP contribution in [0.5, 0.6) is 0 Å². The maximum atomic E-state index is 6.19. The fourth-order valence-electron chi connectivity index (χ4n) is 3.77. The second kappa shape index (κ2) is 7.79. The Hall–Kier alpha value is -1.24. The van der Waals surface area contributed by atoms with Gasteiger partial charge in [-0.3, -0.25) is 0 Å². The van der Waals surface area contributed by atoms with E-state index >= 15 is 0 Å². The molecule has 0 saturated carbocycles. The first-order valence-corrected chi connectivity index (χ1v) is 8.89. The van der Waals surface area contributed by atoms with E-state index in [1.165, 1.54) is 16.7 Å². The predicted octanol–water partition coefficient (Wildman–Crippen LogP) is -1.56. The first-order chi connectivity index (χ1) is 12.3. The van der Waals surface area contributed by atoms with E-state index in [2.05, 4.69) is 41.9 Å². The molecule has 1 aromatic carbocycles. The summed E-state index contributed by atoms with van der Waals surface area (Å²) >= 11 is 0. The van der Waals surface area contributed by atoms with Crippen LogP contribution in [-0.2, 0) is 7.05 Å². The lowest BCUT2D eigenvalue weighted by molar-refractivity contribution is -0.653. The highest BCUT2D eigenvalue weighted by Gasteiger charge is 2.54. The summed E-state index contributed by atoms with van der Waals surface area (Å²) in [5, 5.41) is 1.94. The number of pyridine rings is 1. The highest BCUT2D eigenvalue weighted by Crippen LogP contribution is 2.31. The first-order valence-electron chi connectivity index (χ1n) is 8.89. The van der Waals surface area contributed by atoms with Crippen molar-refractivity contribution in [2.24, 2.45) is 7.05 Å². The molecule has 1 aliphatic heterocycles. The van der Waals surface area contributed by atoms with Crippen LogP contribution in [0.4, 0.5) is 0 Å². The van der Waals surface area contributed by atoms with Gasteiger partial charge in [-0.2, -0.15) is 10.7 Å². The van der Waals surface area contributed by atoms with Gasteiger partial charge < -0.3 is 0 Å². The standard InChI is InChI=1S/C15H14B10N/c1-21-14(15(23(16)17)24(18)25(19)20)22(21)13-10-12(8-9-26(13)2)11-6-4-3-5-7-11/h3-10H,1-2H3/q+1/b15-14-. The summed E-state index contributed by atoms with van der Waals surface area (Å²) in [6.45, 7) is 1.48. The Kier molecular flexibility index (Phi) is 5.84. The Labute approximate surface area is 165 Å². The molecule has 2 aromatic rings. The van der Waals surface area contributed by atoms with Gasteiger partial charge in [0.1, 0.15) is 19.2 Å². The zero-order valence-corrected chi connectivity index (χ0v) is 15.3. The van der Waals surface area contributed by atoms with E-state index in [1.807, 2.05) is 25.2 Å². The quantitative estimate of drug-likeness (QED) is 0.464. The third-order valence-corrected chi connectivity index (χ3v) is 5.30. The summed E-state index contributed by atoms with van der Waals surface area (Å²) in [4.78, 5) is 0. The van der Waals surface area contributed by atoms with Crippen molar-refractivity contribution >= 4 is 76.9 Å². The molecule has 0 unspecified atom stereocenters. The zero-order valence-electron chi connectivity index (χ0n) is 15.3. The lowest BCUT2D eigenvalue weighted by Crippen LogP contribution is -2.51. The van der Waals surface area contributed by atoms with Crippen LogP contribution in [0.15, 0.2) is 59.4 Å². The Morgan fingerprint density at radius 1 is 0.962 bits per heavy atom. The topological polar surface area (TPSA) is 3.88 Å².